The number of hydrogen-bond acceptors (Lipinski definition) is 36. The topological polar surface area (TPSA) is 376 Å². The molecule has 0 saturated carbocycles. The van der Waals surface area contributed by atoms with Gasteiger partial charge in [0, 0.05) is 168 Å². The van der Waals surface area contributed by atoms with Crippen molar-refractivity contribution in [1.29, 1.82) is 0 Å². The van der Waals surface area contributed by atoms with Crippen molar-refractivity contribution in [2.75, 3.05) is 256 Å². The number of halogens is 3. The van der Waals surface area contributed by atoms with Crippen molar-refractivity contribution in [3.63, 3.8) is 0 Å². The first kappa shape index (κ1) is 112. The summed E-state index contributed by atoms with van der Waals surface area (Å²) < 4.78 is 43.5. The van der Waals surface area contributed by atoms with Crippen molar-refractivity contribution in [1.82, 2.24) is 79.1 Å². The van der Waals surface area contributed by atoms with Gasteiger partial charge < -0.3 is 97.7 Å². The number of piperazine rings is 4. The second kappa shape index (κ2) is 53.4. The monoisotopic (exact) mass is 2240 g/mol. The van der Waals surface area contributed by atoms with Crippen LogP contribution in [0.5, 0.6) is 17.2 Å². The number of aromatic nitrogens is 8. The molecule has 5 N–H and O–H groups in total. The van der Waals surface area contributed by atoms with Crippen molar-refractivity contribution < 1.29 is 77.7 Å². The number of carbonyl (C=O) groups excluding carboxylic acids is 4. The lowest BCUT2D eigenvalue weighted by Crippen LogP contribution is -2.50. The summed E-state index contributed by atoms with van der Waals surface area (Å²) in [6.07, 6.45) is 5.88. The van der Waals surface area contributed by atoms with E-state index >= 15 is 0 Å². The number of ether oxygens (including phenoxy) is 7. The smallest absolute Gasteiger partial charge is 0.488 e. The fraction of sp³-hybridized carbons (Fsp3) is 0.462. The largest absolute Gasteiger partial charge is 0.508 e. The zero-order valence-corrected chi connectivity index (χ0v) is 91.5. The predicted molar refractivity (Wildman–Crippen MR) is 592 cm³/mol. The van der Waals surface area contributed by atoms with Gasteiger partial charge in [0.15, 0.2) is 34.9 Å². The summed E-state index contributed by atoms with van der Waals surface area (Å²) in [4.78, 5) is 113. The number of aromatic hydroxyl groups is 3. The number of thiophene rings is 4. The van der Waals surface area contributed by atoms with E-state index in [1.165, 1.54) is 27.2 Å². The molecule has 8 fully saturated rings. The van der Waals surface area contributed by atoms with Crippen molar-refractivity contribution in [2.24, 2.45) is 0 Å². The summed E-state index contributed by atoms with van der Waals surface area (Å²) in [5, 5.41) is 46.5. The van der Waals surface area contributed by atoms with Gasteiger partial charge in [-0.1, -0.05) is 84.4 Å². The molecule has 8 aliphatic rings. The lowest BCUT2D eigenvalue weighted by atomic mass is 9.80. The maximum Gasteiger partial charge on any atom is 0.488 e. The van der Waals surface area contributed by atoms with Gasteiger partial charge in [-0.3, -0.25) is 24.4 Å². The lowest BCUT2D eigenvalue weighted by molar-refractivity contribution is -0.127. The number of carbonyl (C=O) groups is 4. The number of terminal acetylenes is 1. The van der Waals surface area contributed by atoms with Crippen LogP contribution in [-0.4, -0.2) is 389 Å². The van der Waals surface area contributed by atoms with E-state index in [1.54, 1.807) is 103 Å². The molecule has 784 valence electrons. The summed E-state index contributed by atoms with van der Waals surface area (Å²) in [7, 11) is -1.51. The Morgan fingerprint density at radius 2 is 0.703 bits per heavy atom. The Kier molecular flexibility index (Phi) is 40.5. The van der Waals surface area contributed by atoms with Gasteiger partial charge in [0.25, 0.3) is 0 Å². The van der Waals surface area contributed by atoms with Crippen LogP contribution < -0.4 is 25.1 Å². The summed E-state index contributed by atoms with van der Waals surface area (Å²) >= 11 is 20.9. The molecule has 8 saturated heterocycles. The maximum absolute atomic E-state index is 12.3. The van der Waals surface area contributed by atoms with Crippen LogP contribution in [0.3, 0.4) is 0 Å². The molecule has 11 aromatic rings. The number of amides is 4. The molecule has 36 nitrogen and oxygen atoms in total. The minimum atomic E-state index is -1.51. The normalized spacial score (nSPS) is 16.6. The second-order valence-corrected chi connectivity index (χ2v) is 45.0. The molecule has 3 aromatic carbocycles. The van der Waals surface area contributed by atoms with Gasteiger partial charge >= 0.3 is 25.4 Å². The maximum atomic E-state index is 12.3. The number of phenols is 3. The average molecular weight is 2250 g/mol. The molecule has 148 heavy (non-hydrogen) atoms. The fourth-order valence-corrected chi connectivity index (χ4v) is 21.4. The highest BCUT2D eigenvalue weighted by atomic mass is 127. The third-order valence-electron chi connectivity index (χ3n) is 23.7. The molecule has 19 rings (SSSR count). The quantitative estimate of drug-likeness (QED) is 0.0189. The van der Waals surface area contributed by atoms with Gasteiger partial charge in [0.05, 0.1) is 137 Å². The van der Waals surface area contributed by atoms with Crippen LogP contribution in [0.2, 0.25) is 10.6 Å². The Bertz CT molecular complexity index is 6650. The molecular formula is C104H124BCl2IN20O16S4. The highest BCUT2D eigenvalue weighted by molar-refractivity contribution is 14.1. The van der Waals surface area contributed by atoms with E-state index in [-0.39, 0.29) is 46.7 Å². The number of nitrogens with zero attached hydrogens (tertiary/aromatic N) is 20. The summed E-state index contributed by atoms with van der Waals surface area (Å²) in [5.74, 6) is 27.5. The van der Waals surface area contributed by atoms with Crippen molar-refractivity contribution in [3.05, 3.63) is 138 Å². The van der Waals surface area contributed by atoms with Gasteiger partial charge in [0.1, 0.15) is 34.1 Å². The number of rotatable bonds is 12. The van der Waals surface area contributed by atoms with Gasteiger partial charge in [-0.2, -0.15) is 9.97 Å². The van der Waals surface area contributed by atoms with E-state index in [2.05, 4.69) is 130 Å². The number of anilines is 4. The minimum Gasteiger partial charge on any atom is -0.508 e. The fourth-order valence-electron chi connectivity index (χ4n) is 16.3. The van der Waals surface area contributed by atoms with Crippen LogP contribution in [0.1, 0.15) is 76.9 Å². The SMILES string of the molecule is C#CCN1CCN(C(=O)OC(C)(C)C)CC1.C=CC(=O)N1CCN(CC#Cc2cc3nc(-c4cccc(O)c4)nc(N4CCOCC4)c3s2)CC1.CC(C)(C)OC(=O)N1CCN(CC#Cc2cc3nc(-c4cccc(O)c4)nc(N4CCOCC4)c3s2)CC1.CC(C)(C)OC(=O)N1CCN(CC#Cc2cc3nc(Cl)nc(N4CCOCC4)c3s2)CC1.Clc1nc(N2CCOCC2)c2sc(I)cc2n1.OB(O)c1cccc(O)c1. The first-order valence-corrected chi connectivity index (χ1v) is 54.0. The van der Waals surface area contributed by atoms with Gasteiger partial charge in [0.2, 0.25) is 16.5 Å². The van der Waals surface area contributed by atoms with Crippen molar-refractivity contribution in [3.8, 4) is 87.9 Å². The number of fused-ring (bicyclic) bond motifs is 4. The molecule has 0 atom stereocenters. The third kappa shape index (κ3) is 33.3. The molecule has 0 bridgehead atoms. The van der Waals surface area contributed by atoms with E-state index in [0.717, 1.165) is 208 Å². The van der Waals surface area contributed by atoms with Crippen LogP contribution >= 0.6 is 91.1 Å². The number of benzene rings is 3. The van der Waals surface area contributed by atoms with Crippen LogP contribution in [-0.2, 0) is 38.0 Å². The molecule has 0 spiro atoms. The van der Waals surface area contributed by atoms with E-state index < -0.39 is 23.9 Å². The second-order valence-electron chi connectivity index (χ2n) is 38.2. The number of phenolic OH excluding ortho intramolecular Hbond substituents is 3. The Labute approximate surface area is 902 Å². The van der Waals surface area contributed by atoms with E-state index in [1.807, 2.05) is 104 Å². The molecule has 0 radical (unpaired) electrons. The number of hydrogen-bond donors (Lipinski definition) is 5. The molecular weight excluding hydrogens is 2120 g/mol. The first-order valence-electron chi connectivity index (χ1n) is 48.9. The zero-order valence-electron chi connectivity index (χ0n) is 84.6. The average Bonchev–Trinajstić information content (AvgIpc) is 1.62. The lowest BCUT2D eigenvalue weighted by Gasteiger charge is -2.34. The Hall–Kier alpha value is -11.3. The highest BCUT2D eigenvalue weighted by Gasteiger charge is 2.32. The summed E-state index contributed by atoms with van der Waals surface area (Å²) in [6, 6.07) is 27.9. The Morgan fingerprint density at radius 1 is 0.405 bits per heavy atom. The van der Waals surface area contributed by atoms with E-state index in [4.69, 9.17) is 97.9 Å². The zero-order chi connectivity index (χ0) is 105. The molecule has 8 aromatic heterocycles. The van der Waals surface area contributed by atoms with Gasteiger partial charge in [-0.15, -0.1) is 51.8 Å². The molecule has 4 amide bonds. The van der Waals surface area contributed by atoms with Gasteiger partial charge in [-0.05, 0) is 180 Å². The van der Waals surface area contributed by atoms with Crippen molar-refractivity contribution >= 4 is 192 Å². The first-order chi connectivity index (χ1) is 71.0. The van der Waals surface area contributed by atoms with E-state index in [0.29, 0.717) is 141 Å². The Morgan fingerprint density at radius 3 is 1.01 bits per heavy atom. The summed E-state index contributed by atoms with van der Waals surface area (Å²) in [6.45, 7) is 46.6. The molecule has 44 heteroatoms. The van der Waals surface area contributed by atoms with E-state index in [9.17, 15) is 29.4 Å². The minimum absolute atomic E-state index is 0.0109. The van der Waals surface area contributed by atoms with Crippen molar-refractivity contribution in [2.45, 2.75) is 79.1 Å². The third-order valence-corrected chi connectivity index (χ3v) is 29.1. The van der Waals surface area contributed by atoms with Crippen LogP contribution in [0.25, 0.3) is 63.6 Å². The van der Waals surface area contributed by atoms with Crippen LogP contribution in [0, 0.1) is 50.8 Å². The van der Waals surface area contributed by atoms with Crippen LogP contribution in [0.15, 0.2) is 110 Å². The Balaban J connectivity index is 0.000000147. The standard InChI is InChI=1S/C28H33N5O4S.C26H27N5O3S.C22H28ClN5O3S.C12H20N2O2.C10H9ClIN3OS.C6H7BO3/c1-28(2,3)37-27(35)33-12-10-31(11-13-33)9-5-8-22-19-23-24(38-22)26(32-14-16-36-17-15-32)30-25(29-23)20-6-4-7-21(34)18-20;1-2-23(33)30-11-9-29(10-12-30)8-4-7-21-18-22-24(35-21)26(31-13-15-34-16-14-31)28-25(27-22)19-5-3-6-20(32)17-19;1-22(2,3)31-21(29)28-9-7-26(8-10-28)6-4-5-16-15-17-18(32-16)19(25-20(23)24-17)27-11-13-30-14-12-27;1-5-6-13-7-9-14(10-8-13)11(15)16-12(2,3)4;11-10-13-6-5-7(12)17-8(6)9(14-10)15-1-3-16-4-2-15;8-6-3-1-2-5(4-6)7(9)10/h4,6-7,18-19,34H,9-17H2,1-3H3;2-3,5-6,17-18,32H,1,8-16H2;15H,6-14H2,1-3H3;1H,6-10H2,2-4H3;5H,1-4H2;1-4,8-10H. The predicted octanol–water partition coefficient (Wildman–Crippen LogP) is 12.5. The highest BCUT2D eigenvalue weighted by Crippen LogP contribution is 2.40. The molecule has 0 aliphatic carbocycles. The van der Waals surface area contributed by atoms with Crippen LogP contribution in [0.4, 0.5) is 37.7 Å². The van der Waals surface area contributed by atoms with Gasteiger partial charge in [-0.25, -0.2) is 44.3 Å². The molecule has 0 unspecified atom stereocenters. The summed E-state index contributed by atoms with van der Waals surface area (Å²) in [5.41, 5.74) is 3.91. The molecule has 16 heterocycles. The number of morpholine rings is 4. The molecule has 8 aliphatic heterocycles.